The van der Waals surface area contributed by atoms with Gasteiger partial charge in [-0.2, -0.15) is 5.26 Å². The lowest BCUT2D eigenvalue weighted by Crippen LogP contribution is -2.46. The molecule has 4 rings (SSSR count). The van der Waals surface area contributed by atoms with Crippen molar-refractivity contribution >= 4 is 38.4 Å². The number of benzene rings is 2. The Kier molecular flexibility index (Phi) is 6.68. The van der Waals surface area contributed by atoms with Crippen LogP contribution < -0.4 is 9.62 Å². The molecule has 1 aliphatic rings. The Morgan fingerprint density at radius 3 is 2.59 bits per heavy atom. The number of nitrogens with one attached hydrogen (secondary N) is 1. The lowest BCUT2D eigenvalue weighted by atomic mass is 10.1. The number of pyridine rings is 1. The van der Waals surface area contributed by atoms with Gasteiger partial charge in [-0.3, -0.25) is 9.62 Å². The van der Waals surface area contributed by atoms with Crippen molar-refractivity contribution in [2.45, 2.75) is 18.2 Å². The summed E-state index contributed by atoms with van der Waals surface area (Å²) in [5.74, 6) is -0.544. The number of hydrogen-bond donors (Lipinski definition) is 2. The van der Waals surface area contributed by atoms with Crippen LogP contribution in [0.5, 0.6) is 0 Å². The zero-order valence-electron chi connectivity index (χ0n) is 18.7. The maximum Gasteiger partial charge on any atom is 0.336 e. The second-order valence-electron chi connectivity index (χ2n) is 8.22. The number of fused-ring (bicyclic) bond motifs is 1. The predicted molar refractivity (Wildman–Crippen MR) is 130 cm³/mol. The molecule has 1 fully saturated rings. The molecule has 1 saturated heterocycles. The molecule has 2 N–H and O–H groups in total. The molecule has 2 heterocycles. The van der Waals surface area contributed by atoms with Gasteiger partial charge in [-0.15, -0.1) is 0 Å². The molecule has 1 aromatic heterocycles. The molecule has 0 atom stereocenters. The summed E-state index contributed by atoms with van der Waals surface area (Å²) in [5.41, 5.74) is 1.61. The lowest BCUT2D eigenvalue weighted by Gasteiger charge is -2.35. The van der Waals surface area contributed by atoms with E-state index in [0.717, 1.165) is 25.2 Å². The molecule has 0 bridgehead atoms. The third-order valence-electron chi connectivity index (χ3n) is 5.81. The third-order valence-corrected chi connectivity index (χ3v) is 7.19. The van der Waals surface area contributed by atoms with E-state index in [0.29, 0.717) is 36.2 Å². The molecule has 0 spiro atoms. The molecule has 0 unspecified atom stereocenters. The number of carbonyl (C=O) groups is 1. The minimum absolute atomic E-state index is 0.0588. The summed E-state index contributed by atoms with van der Waals surface area (Å²) in [7, 11) is -3.83. The molecule has 2 aromatic carbocycles. The number of aryl methyl sites for hydroxylation is 1. The summed E-state index contributed by atoms with van der Waals surface area (Å²) in [6.07, 6.45) is 0.480. The fourth-order valence-electron chi connectivity index (χ4n) is 4.02. The molecule has 10 heteroatoms. The van der Waals surface area contributed by atoms with Crippen molar-refractivity contribution in [3.05, 3.63) is 59.7 Å². The van der Waals surface area contributed by atoms with Crippen LogP contribution in [0.1, 0.15) is 22.3 Å². The summed E-state index contributed by atoms with van der Waals surface area (Å²) in [4.78, 5) is 21.1. The van der Waals surface area contributed by atoms with Gasteiger partial charge in [0.2, 0.25) is 0 Å². The van der Waals surface area contributed by atoms with Crippen LogP contribution in [0.25, 0.3) is 10.9 Å². The van der Waals surface area contributed by atoms with E-state index in [4.69, 9.17) is 5.26 Å². The van der Waals surface area contributed by atoms with Crippen molar-refractivity contribution in [2.75, 3.05) is 42.3 Å². The van der Waals surface area contributed by atoms with E-state index < -0.39 is 16.0 Å². The fourth-order valence-corrected chi connectivity index (χ4v) is 5.17. The Labute approximate surface area is 198 Å². The average Bonchev–Trinajstić information content (AvgIpc) is 2.82. The molecule has 3 aromatic rings. The number of nitriles is 1. The summed E-state index contributed by atoms with van der Waals surface area (Å²) >= 11 is 0. The van der Waals surface area contributed by atoms with Crippen molar-refractivity contribution in [1.82, 2.24) is 9.88 Å². The van der Waals surface area contributed by atoms with Gasteiger partial charge >= 0.3 is 5.97 Å². The van der Waals surface area contributed by atoms with Crippen LogP contribution in [-0.2, 0) is 10.0 Å². The Morgan fingerprint density at radius 1 is 1.15 bits per heavy atom. The monoisotopic (exact) mass is 479 g/mol. The Hall–Kier alpha value is -3.68. The van der Waals surface area contributed by atoms with E-state index in [-0.39, 0.29) is 16.1 Å². The van der Waals surface area contributed by atoms with Crippen LogP contribution in [0.4, 0.5) is 11.5 Å². The first-order chi connectivity index (χ1) is 16.3. The Balaban J connectivity index is 1.62. The zero-order valence-corrected chi connectivity index (χ0v) is 19.5. The van der Waals surface area contributed by atoms with Crippen molar-refractivity contribution in [3.8, 4) is 6.07 Å². The van der Waals surface area contributed by atoms with E-state index in [1.54, 1.807) is 24.3 Å². The van der Waals surface area contributed by atoms with Gasteiger partial charge in [-0.1, -0.05) is 12.1 Å². The number of aromatic nitrogens is 1. The molecule has 9 nitrogen and oxygen atoms in total. The normalized spacial score (nSPS) is 14.6. The molecule has 0 aliphatic carbocycles. The quantitative estimate of drug-likeness (QED) is 0.529. The van der Waals surface area contributed by atoms with Crippen molar-refractivity contribution in [1.29, 1.82) is 5.26 Å². The summed E-state index contributed by atoms with van der Waals surface area (Å²) in [6, 6.07) is 15.0. The summed E-state index contributed by atoms with van der Waals surface area (Å²) < 4.78 is 28.1. The average molecular weight is 480 g/mol. The summed E-state index contributed by atoms with van der Waals surface area (Å²) in [5, 5.41) is 19.0. The van der Waals surface area contributed by atoms with Crippen LogP contribution >= 0.6 is 0 Å². The van der Waals surface area contributed by atoms with Gasteiger partial charge in [0.25, 0.3) is 10.0 Å². The van der Waals surface area contributed by atoms with E-state index in [2.05, 4.69) is 20.7 Å². The smallest absolute Gasteiger partial charge is 0.336 e. The topological polar surface area (TPSA) is 127 Å². The highest BCUT2D eigenvalue weighted by Gasteiger charge is 2.21. The molecule has 0 radical (unpaired) electrons. The number of carboxylic acids is 1. The number of nitrogens with zero attached hydrogens (tertiary/aromatic N) is 4. The van der Waals surface area contributed by atoms with Crippen LogP contribution in [-0.4, -0.2) is 62.1 Å². The van der Waals surface area contributed by atoms with Gasteiger partial charge in [-0.25, -0.2) is 18.2 Å². The van der Waals surface area contributed by atoms with E-state index >= 15 is 0 Å². The lowest BCUT2D eigenvalue weighted by molar-refractivity contribution is 0.0699. The van der Waals surface area contributed by atoms with Gasteiger partial charge in [0.05, 0.1) is 22.0 Å². The van der Waals surface area contributed by atoms with Crippen LogP contribution in [0.2, 0.25) is 0 Å². The Bertz CT molecular complexity index is 1380. The fraction of sp³-hybridized carbons (Fsp3) is 0.292. The Morgan fingerprint density at radius 2 is 1.91 bits per heavy atom. The second kappa shape index (κ2) is 9.67. The van der Waals surface area contributed by atoms with E-state index in [9.17, 15) is 18.3 Å². The number of sulfonamides is 1. The van der Waals surface area contributed by atoms with Gasteiger partial charge in [-0.05, 0) is 48.9 Å². The molecule has 176 valence electrons. The maximum absolute atomic E-state index is 12.8. The van der Waals surface area contributed by atoms with Crippen molar-refractivity contribution in [3.63, 3.8) is 0 Å². The highest BCUT2D eigenvalue weighted by atomic mass is 32.2. The van der Waals surface area contributed by atoms with Gasteiger partial charge in [0.1, 0.15) is 5.82 Å². The largest absolute Gasteiger partial charge is 0.478 e. The first-order valence-electron chi connectivity index (χ1n) is 10.9. The van der Waals surface area contributed by atoms with Gasteiger partial charge in [0, 0.05) is 50.2 Å². The first kappa shape index (κ1) is 23.5. The highest BCUT2D eigenvalue weighted by molar-refractivity contribution is 7.92. The van der Waals surface area contributed by atoms with Crippen LogP contribution in [0, 0.1) is 18.3 Å². The third kappa shape index (κ3) is 5.11. The number of aromatic carboxylic acids is 1. The summed E-state index contributed by atoms with van der Waals surface area (Å²) in [6.45, 7) is 5.42. The van der Waals surface area contributed by atoms with Crippen molar-refractivity contribution in [2.24, 2.45) is 0 Å². The maximum atomic E-state index is 12.8. The number of hydrogen-bond acceptors (Lipinski definition) is 7. The molecular weight excluding hydrogens is 454 g/mol. The van der Waals surface area contributed by atoms with Gasteiger partial charge < -0.3 is 10.0 Å². The predicted octanol–water partition coefficient (Wildman–Crippen LogP) is 3.08. The molecule has 34 heavy (non-hydrogen) atoms. The van der Waals surface area contributed by atoms with Crippen molar-refractivity contribution < 1.29 is 18.3 Å². The number of carboxylic acid groups (broad SMARTS) is 1. The molecular formula is C24H25N5O4S. The van der Waals surface area contributed by atoms with Crippen LogP contribution in [0.15, 0.2) is 53.4 Å². The SMILES string of the molecule is Cc1cccc(S(=O)(=O)Nc2ccc3nc(N4CCN(CCC#N)CC4)cc(C(=O)O)c3c2)c1. The van der Waals surface area contributed by atoms with Gasteiger partial charge in [0.15, 0.2) is 0 Å². The number of piperazine rings is 1. The minimum atomic E-state index is -3.83. The molecule has 0 saturated carbocycles. The zero-order chi connectivity index (χ0) is 24.3. The number of anilines is 2. The highest BCUT2D eigenvalue weighted by Crippen LogP contribution is 2.28. The standard InChI is InChI=1S/C24H25N5O4S/c1-17-4-2-5-19(14-17)34(32,33)27-18-6-7-22-20(15-18)21(24(30)31)16-23(26-22)29-12-10-28(11-13-29)9-3-8-25/h2,4-7,14-16,27H,3,9-13H2,1H3,(H,30,31). The first-order valence-corrected chi connectivity index (χ1v) is 12.4. The van der Waals surface area contributed by atoms with E-state index in [1.807, 2.05) is 17.9 Å². The molecule has 0 amide bonds. The van der Waals surface area contributed by atoms with Crippen LogP contribution in [0.3, 0.4) is 0 Å². The second-order valence-corrected chi connectivity index (χ2v) is 9.91. The molecule has 1 aliphatic heterocycles. The van der Waals surface area contributed by atoms with E-state index in [1.165, 1.54) is 18.2 Å². The number of rotatable bonds is 7. The minimum Gasteiger partial charge on any atom is -0.478 e.